The van der Waals surface area contributed by atoms with Gasteiger partial charge >= 0.3 is 6.03 Å². The summed E-state index contributed by atoms with van der Waals surface area (Å²) in [6, 6.07) is 9.83. The molecule has 0 radical (unpaired) electrons. The molecule has 0 aliphatic heterocycles. The molecular formula is C15H14N4O4. The number of nitrogens with one attached hydrogen (secondary N) is 2. The van der Waals surface area contributed by atoms with E-state index >= 15 is 0 Å². The lowest BCUT2D eigenvalue weighted by Gasteiger charge is -2.07. The predicted octanol–water partition coefficient (Wildman–Crippen LogP) is 2.65. The van der Waals surface area contributed by atoms with Crippen molar-refractivity contribution in [1.82, 2.24) is 0 Å². The topological polar surface area (TPSA) is 127 Å². The first kappa shape index (κ1) is 16.0. The largest absolute Gasteiger partial charge is 0.351 e. The van der Waals surface area contributed by atoms with Crippen LogP contribution in [0.4, 0.5) is 21.9 Å². The van der Waals surface area contributed by atoms with E-state index in [1.807, 2.05) is 0 Å². The second-order valence-electron chi connectivity index (χ2n) is 4.78. The maximum atomic E-state index is 12.1. The Bertz CT molecular complexity index is 772. The zero-order valence-corrected chi connectivity index (χ0v) is 12.2. The second-order valence-corrected chi connectivity index (χ2v) is 4.78. The molecule has 4 N–H and O–H groups in total. The Balaban J connectivity index is 2.11. The number of nitrogens with two attached hydrogens (primary N) is 1. The lowest BCUT2D eigenvalue weighted by molar-refractivity contribution is -0.385. The van der Waals surface area contributed by atoms with E-state index in [-0.39, 0.29) is 5.69 Å². The Morgan fingerprint density at radius 3 is 2.09 bits per heavy atom. The number of nitrogens with zero attached hydrogens (tertiary/aromatic N) is 1. The Hall–Kier alpha value is -3.42. The van der Waals surface area contributed by atoms with Crippen molar-refractivity contribution in [2.24, 2.45) is 5.73 Å². The van der Waals surface area contributed by atoms with E-state index in [0.29, 0.717) is 22.5 Å². The van der Waals surface area contributed by atoms with Crippen LogP contribution >= 0.6 is 0 Å². The van der Waals surface area contributed by atoms with Crippen LogP contribution in [0.15, 0.2) is 42.5 Å². The first-order valence-corrected chi connectivity index (χ1v) is 6.60. The van der Waals surface area contributed by atoms with Gasteiger partial charge in [-0.2, -0.15) is 0 Å². The molecule has 0 atom stereocenters. The van der Waals surface area contributed by atoms with Crippen molar-refractivity contribution in [2.75, 3.05) is 10.6 Å². The third kappa shape index (κ3) is 4.03. The van der Waals surface area contributed by atoms with Gasteiger partial charge in [0.05, 0.1) is 4.92 Å². The molecule has 0 aromatic heterocycles. The molecule has 0 saturated carbocycles. The highest BCUT2D eigenvalue weighted by Crippen LogP contribution is 2.20. The van der Waals surface area contributed by atoms with E-state index in [4.69, 9.17) is 5.73 Å². The van der Waals surface area contributed by atoms with Crippen LogP contribution in [0.2, 0.25) is 0 Å². The number of nitro benzene ring substituents is 1. The molecule has 3 amide bonds. The third-order valence-electron chi connectivity index (χ3n) is 3.07. The summed E-state index contributed by atoms with van der Waals surface area (Å²) in [7, 11) is 0. The summed E-state index contributed by atoms with van der Waals surface area (Å²) in [6.07, 6.45) is 0. The molecule has 2 aromatic carbocycles. The van der Waals surface area contributed by atoms with Crippen molar-refractivity contribution in [3.63, 3.8) is 0 Å². The number of anilines is 2. The highest BCUT2D eigenvalue weighted by molar-refractivity contribution is 6.04. The fourth-order valence-corrected chi connectivity index (χ4v) is 1.98. The van der Waals surface area contributed by atoms with Gasteiger partial charge in [0.1, 0.15) is 0 Å². The van der Waals surface area contributed by atoms with Crippen LogP contribution in [0.3, 0.4) is 0 Å². The van der Waals surface area contributed by atoms with Gasteiger partial charge in [0, 0.05) is 28.6 Å². The van der Waals surface area contributed by atoms with Crippen molar-refractivity contribution in [2.45, 2.75) is 6.92 Å². The first-order chi connectivity index (χ1) is 10.9. The van der Waals surface area contributed by atoms with Crippen LogP contribution in [-0.4, -0.2) is 16.9 Å². The molecular weight excluding hydrogens is 300 g/mol. The van der Waals surface area contributed by atoms with Gasteiger partial charge in [0.15, 0.2) is 0 Å². The van der Waals surface area contributed by atoms with Crippen LogP contribution in [0.25, 0.3) is 0 Å². The summed E-state index contributed by atoms with van der Waals surface area (Å²) in [5, 5.41) is 15.8. The number of rotatable bonds is 4. The molecule has 2 rings (SSSR count). The molecule has 0 bridgehead atoms. The van der Waals surface area contributed by atoms with Crippen LogP contribution in [0, 0.1) is 17.0 Å². The van der Waals surface area contributed by atoms with Crippen LogP contribution in [0.1, 0.15) is 15.9 Å². The second kappa shape index (κ2) is 6.56. The summed E-state index contributed by atoms with van der Waals surface area (Å²) in [5.74, 6) is -0.390. The summed E-state index contributed by atoms with van der Waals surface area (Å²) in [6.45, 7) is 1.57. The average Bonchev–Trinajstić information content (AvgIpc) is 2.48. The normalized spacial score (nSPS) is 9.96. The Morgan fingerprint density at radius 1 is 1.04 bits per heavy atom. The number of hydrogen-bond donors (Lipinski definition) is 3. The van der Waals surface area contributed by atoms with E-state index in [1.54, 1.807) is 31.2 Å². The number of hydrogen-bond acceptors (Lipinski definition) is 4. The maximum Gasteiger partial charge on any atom is 0.316 e. The van der Waals surface area contributed by atoms with Crippen molar-refractivity contribution >= 4 is 29.0 Å². The van der Waals surface area contributed by atoms with Crippen LogP contribution in [0.5, 0.6) is 0 Å². The van der Waals surface area contributed by atoms with Crippen molar-refractivity contribution < 1.29 is 14.5 Å². The van der Waals surface area contributed by atoms with E-state index in [9.17, 15) is 19.7 Å². The SMILES string of the molecule is Cc1cc(C(=O)Nc2ccc(NC(N)=O)cc2)ccc1[N+](=O)[O-]. The minimum Gasteiger partial charge on any atom is -0.351 e. The van der Waals surface area contributed by atoms with E-state index in [2.05, 4.69) is 10.6 Å². The number of urea groups is 1. The third-order valence-corrected chi connectivity index (χ3v) is 3.07. The molecule has 0 heterocycles. The van der Waals surface area contributed by atoms with Crippen molar-refractivity contribution in [3.8, 4) is 0 Å². The fraction of sp³-hybridized carbons (Fsp3) is 0.0667. The van der Waals surface area contributed by atoms with Gasteiger partial charge in [-0.25, -0.2) is 4.79 Å². The molecule has 8 nitrogen and oxygen atoms in total. The number of amides is 3. The van der Waals surface area contributed by atoms with Gasteiger partial charge in [-0.05, 0) is 43.3 Å². The van der Waals surface area contributed by atoms with Crippen LogP contribution < -0.4 is 16.4 Å². The highest BCUT2D eigenvalue weighted by Gasteiger charge is 2.13. The standard InChI is InChI=1S/C15H14N4O4/c1-9-8-10(2-7-13(9)19(22)23)14(20)17-11-3-5-12(6-4-11)18-15(16)21/h2-8H,1H3,(H,17,20)(H3,16,18,21). The van der Waals surface area contributed by atoms with E-state index < -0.39 is 16.9 Å². The molecule has 8 heteroatoms. The monoisotopic (exact) mass is 314 g/mol. The molecule has 0 aliphatic carbocycles. The quantitative estimate of drug-likeness (QED) is 0.592. The van der Waals surface area contributed by atoms with Gasteiger partial charge in [-0.3, -0.25) is 14.9 Å². The minimum atomic E-state index is -0.678. The Labute approximate surface area is 131 Å². The lowest BCUT2D eigenvalue weighted by atomic mass is 10.1. The zero-order chi connectivity index (χ0) is 17.0. The fourth-order valence-electron chi connectivity index (χ4n) is 1.98. The molecule has 0 unspecified atom stereocenters. The molecule has 0 saturated heterocycles. The lowest BCUT2D eigenvalue weighted by Crippen LogP contribution is -2.19. The number of primary amides is 1. The summed E-state index contributed by atoms with van der Waals surface area (Å²) < 4.78 is 0. The van der Waals surface area contributed by atoms with Gasteiger partial charge in [0.2, 0.25) is 0 Å². The minimum absolute atomic E-state index is 0.0385. The molecule has 0 aliphatic rings. The highest BCUT2D eigenvalue weighted by atomic mass is 16.6. The molecule has 0 fully saturated rings. The van der Waals surface area contributed by atoms with Crippen LogP contribution in [-0.2, 0) is 0 Å². The summed E-state index contributed by atoms with van der Waals surface area (Å²) in [5.41, 5.74) is 6.70. The van der Waals surface area contributed by atoms with Gasteiger partial charge in [-0.1, -0.05) is 0 Å². The molecule has 0 spiro atoms. The predicted molar refractivity (Wildman–Crippen MR) is 85.4 cm³/mol. The first-order valence-electron chi connectivity index (χ1n) is 6.60. The Morgan fingerprint density at radius 2 is 1.61 bits per heavy atom. The zero-order valence-electron chi connectivity index (χ0n) is 12.2. The van der Waals surface area contributed by atoms with E-state index in [0.717, 1.165) is 0 Å². The Kier molecular flexibility index (Phi) is 4.55. The molecule has 2 aromatic rings. The maximum absolute atomic E-state index is 12.1. The number of carbonyl (C=O) groups excluding carboxylic acids is 2. The summed E-state index contributed by atoms with van der Waals surface area (Å²) >= 11 is 0. The van der Waals surface area contributed by atoms with Crippen molar-refractivity contribution in [1.29, 1.82) is 0 Å². The van der Waals surface area contributed by atoms with Gasteiger partial charge in [0.25, 0.3) is 11.6 Å². The van der Waals surface area contributed by atoms with E-state index in [1.165, 1.54) is 18.2 Å². The number of carbonyl (C=O) groups is 2. The number of aryl methyl sites for hydroxylation is 1. The number of nitro groups is 1. The molecule has 118 valence electrons. The smallest absolute Gasteiger partial charge is 0.316 e. The van der Waals surface area contributed by atoms with Gasteiger partial charge < -0.3 is 16.4 Å². The number of benzene rings is 2. The summed E-state index contributed by atoms with van der Waals surface area (Å²) in [4.78, 5) is 33.1. The van der Waals surface area contributed by atoms with Gasteiger partial charge in [-0.15, -0.1) is 0 Å². The van der Waals surface area contributed by atoms with Crippen molar-refractivity contribution in [3.05, 3.63) is 63.7 Å². The molecule has 23 heavy (non-hydrogen) atoms. The average molecular weight is 314 g/mol.